The van der Waals surface area contributed by atoms with Gasteiger partial charge in [-0.2, -0.15) is 0 Å². The maximum Gasteiger partial charge on any atom is 0.247 e. The fraction of sp³-hybridized carbons (Fsp3) is 0.625. The van der Waals surface area contributed by atoms with E-state index in [1.807, 2.05) is 36.1 Å². The van der Waals surface area contributed by atoms with Crippen molar-refractivity contribution in [1.82, 2.24) is 20.0 Å². The molecule has 2 aromatic rings. The highest BCUT2D eigenvalue weighted by molar-refractivity contribution is 5.76. The lowest BCUT2D eigenvalue weighted by molar-refractivity contribution is -0.132. The molecular formula is C24H34N4O3. The fourth-order valence-electron chi connectivity index (χ4n) is 4.70. The average Bonchev–Trinajstić information content (AvgIpc) is 3.21. The predicted molar refractivity (Wildman–Crippen MR) is 119 cm³/mol. The minimum atomic E-state index is 0.183. The molecule has 2 unspecified atom stereocenters. The van der Waals surface area contributed by atoms with E-state index in [1.54, 1.807) is 0 Å². The van der Waals surface area contributed by atoms with E-state index in [0.29, 0.717) is 42.7 Å². The molecule has 0 aliphatic carbocycles. The lowest BCUT2D eigenvalue weighted by Gasteiger charge is -2.39. The molecule has 7 heteroatoms. The number of aromatic nitrogens is 2. The summed E-state index contributed by atoms with van der Waals surface area (Å²) in [5.41, 5.74) is 2.09. The van der Waals surface area contributed by atoms with Gasteiger partial charge in [0.25, 0.3) is 0 Å². The highest BCUT2D eigenvalue weighted by Crippen LogP contribution is 2.22. The predicted octanol–water partition coefficient (Wildman–Crippen LogP) is 3.33. The van der Waals surface area contributed by atoms with Crippen LogP contribution in [0.3, 0.4) is 0 Å². The van der Waals surface area contributed by atoms with Gasteiger partial charge in [-0.3, -0.25) is 9.69 Å². The smallest absolute Gasteiger partial charge is 0.247 e. The number of amides is 1. The van der Waals surface area contributed by atoms with Crippen molar-refractivity contribution in [2.45, 2.75) is 58.7 Å². The highest BCUT2D eigenvalue weighted by atomic mass is 16.5. The Labute approximate surface area is 184 Å². The first kappa shape index (κ1) is 22.0. The van der Waals surface area contributed by atoms with Crippen molar-refractivity contribution in [2.75, 3.05) is 32.7 Å². The van der Waals surface area contributed by atoms with Crippen LogP contribution in [0.5, 0.6) is 0 Å². The number of carbonyl (C=O) groups is 1. The molecule has 31 heavy (non-hydrogen) atoms. The Balaban J connectivity index is 1.20. The number of benzene rings is 1. The van der Waals surface area contributed by atoms with E-state index in [1.165, 1.54) is 5.56 Å². The molecule has 3 heterocycles. The van der Waals surface area contributed by atoms with Gasteiger partial charge in [-0.05, 0) is 51.7 Å². The van der Waals surface area contributed by atoms with Gasteiger partial charge in [-0.15, -0.1) is 10.2 Å². The first-order valence-corrected chi connectivity index (χ1v) is 11.5. The molecule has 7 nitrogen and oxygen atoms in total. The third-order valence-corrected chi connectivity index (χ3v) is 6.30. The molecule has 2 fully saturated rings. The van der Waals surface area contributed by atoms with Gasteiger partial charge in [0.2, 0.25) is 17.7 Å². The van der Waals surface area contributed by atoms with Crippen LogP contribution in [-0.4, -0.2) is 70.8 Å². The van der Waals surface area contributed by atoms with Crippen LogP contribution >= 0.6 is 0 Å². The van der Waals surface area contributed by atoms with E-state index in [2.05, 4.69) is 28.9 Å². The zero-order chi connectivity index (χ0) is 21.8. The molecule has 0 spiro atoms. The lowest BCUT2D eigenvalue weighted by atomic mass is 9.95. The van der Waals surface area contributed by atoms with Gasteiger partial charge >= 0.3 is 0 Å². The number of nitrogens with zero attached hydrogens (tertiary/aromatic N) is 4. The molecule has 0 bridgehead atoms. The third kappa shape index (κ3) is 5.92. The van der Waals surface area contributed by atoms with Crippen molar-refractivity contribution in [3.63, 3.8) is 0 Å². The quantitative estimate of drug-likeness (QED) is 0.706. The van der Waals surface area contributed by atoms with E-state index in [0.717, 1.165) is 51.1 Å². The summed E-state index contributed by atoms with van der Waals surface area (Å²) in [6.45, 7) is 11.2. The Kier molecular flexibility index (Phi) is 7.02. The van der Waals surface area contributed by atoms with E-state index < -0.39 is 0 Å². The molecular weight excluding hydrogens is 392 g/mol. The second kappa shape index (κ2) is 9.92. The molecule has 0 radical (unpaired) electrons. The third-order valence-electron chi connectivity index (χ3n) is 6.30. The number of hydrogen-bond acceptors (Lipinski definition) is 6. The first-order valence-electron chi connectivity index (χ1n) is 11.5. The molecule has 1 aromatic carbocycles. The number of morpholine rings is 1. The molecule has 1 aromatic heterocycles. The van der Waals surface area contributed by atoms with Gasteiger partial charge in [0.05, 0.1) is 12.2 Å². The van der Waals surface area contributed by atoms with Gasteiger partial charge in [0.15, 0.2) is 0 Å². The molecule has 1 amide bonds. The van der Waals surface area contributed by atoms with Crippen molar-refractivity contribution in [1.29, 1.82) is 0 Å². The minimum Gasteiger partial charge on any atom is -0.421 e. The summed E-state index contributed by atoms with van der Waals surface area (Å²) in [6, 6.07) is 7.99. The summed E-state index contributed by atoms with van der Waals surface area (Å²) >= 11 is 0. The number of aryl methyl sites for hydroxylation is 2. The molecule has 2 aliphatic rings. The monoisotopic (exact) mass is 426 g/mol. The Morgan fingerprint density at radius 2 is 1.74 bits per heavy atom. The SMILES string of the molecule is Cc1ccc(-c2nnc(CCC(=O)N3CCC(CN4CC(C)OC(C)C4)CC3)o2)cc1. The molecule has 168 valence electrons. The van der Waals surface area contributed by atoms with Crippen LogP contribution in [0.2, 0.25) is 0 Å². The Bertz CT molecular complexity index is 848. The largest absolute Gasteiger partial charge is 0.421 e. The summed E-state index contributed by atoms with van der Waals surface area (Å²) in [5, 5.41) is 8.25. The first-order chi connectivity index (χ1) is 15.0. The molecule has 2 atom stereocenters. The minimum absolute atomic E-state index is 0.183. The van der Waals surface area contributed by atoms with Gasteiger partial charge in [-0.25, -0.2) is 0 Å². The summed E-state index contributed by atoms with van der Waals surface area (Å²) in [7, 11) is 0. The molecule has 2 aliphatic heterocycles. The number of rotatable bonds is 6. The van der Waals surface area contributed by atoms with E-state index in [4.69, 9.17) is 9.15 Å². The number of piperidine rings is 1. The normalized spacial score (nSPS) is 23.3. The number of ether oxygens (including phenoxy) is 1. The zero-order valence-corrected chi connectivity index (χ0v) is 18.9. The summed E-state index contributed by atoms with van der Waals surface area (Å²) < 4.78 is 11.6. The molecule has 0 saturated carbocycles. The van der Waals surface area contributed by atoms with E-state index in [-0.39, 0.29) is 5.91 Å². The van der Waals surface area contributed by atoms with Crippen molar-refractivity contribution < 1.29 is 13.9 Å². The Morgan fingerprint density at radius 1 is 1.06 bits per heavy atom. The summed E-state index contributed by atoms with van der Waals surface area (Å²) in [5.74, 6) is 1.88. The number of hydrogen-bond donors (Lipinski definition) is 0. The maximum absolute atomic E-state index is 12.7. The number of carbonyl (C=O) groups excluding carboxylic acids is 1. The van der Waals surface area contributed by atoms with Crippen LogP contribution in [0.15, 0.2) is 28.7 Å². The fourth-order valence-corrected chi connectivity index (χ4v) is 4.70. The second-order valence-corrected chi connectivity index (χ2v) is 9.17. The van der Waals surface area contributed by atoms with Crippen LogP contribution in [0.25, 0.3) is 11.5 Å². The lowest BCUT2D eigenvalue weighted by Crippen LogP contribution is -2.48. The van der Waals surface area contributed by atoms with Crippen LogP contribution < -0.4 is 0 Å². The second-order valence-electron chi connectivity index (χ2n) is 9.17. The highest BCUT2D eigenvalue weighted by Gasteiger charge is 2.28. The van der Waals surface area contributed by atoms with Crippen molar-refractivity contribution in [3.8, 4) is 11.5 Å². The van der Waals surface area contributed by atoms with Crippen LogP contribution in [-0.2, 0) is 16.0 Å². The zero-order valence-electron chi connectivity index (χ0n) is 18.9. The van der Waals surface area contributed by atoms with Crippen molar-refractivity contribution in [2.24, 2.45) is 5.92 Å². The van der Waals surface area contributed by atoms with Crippen LogP contribution in [0.1, 0.15) is 44.6 Å². The Hall–Kier alpha value is -2.25. The van der Waals surface area contributed by atoms with Crippen molar-refractivity contribution in [3.05, 3.63) is 35.7 Å². The molecule has 4 rings (SSSR count). The van der Waals surface area contributed by atoms with E-state index >= 15 is 0 Å². The average molecular weight is 427 g/mol. The molecule has 2 saturated heterocycles. The number of likely N-dealkylation sites (tertiary alicyclic amines) is 1. The van der Waals surface area contributed by atoms with Gasteiger partial charge in [0, 0.05) is 51.1 Å². The van der Waals surface area contributed by atoms with Gasteiger partial charge < -0.3 is 14.1 Å². The molecule has 0 N–H and O–H groups in total. The van der Waals surface area contributed by atoms with Crippen LogP contribution in [0.4, 0.5) is 0 Å². The van der Waals surface area contributed by atoms with Crippen LogP contribution in [0, 0.1) is 12.8 Å². The van der Waals surface area contributed by atoms with Gasteiger partial charge in [0.1, 0.15) is 0 Å². The summed E-state index contributed by atoms with van der Waals surface area (Å²) in [4.78, 5) is 17.2. The summed E-state index contributed by atoms with van der Waals surface area (Å²) in [6.07, 6.45) is 3.66. The standard InChI is InChI=1S/C24H34N4O3/c1-17-4-6-21(7-5-17)24-26-25-22(31-24)8-9-23(29)28-12-10-20(11-13-28)16-27-14-18(2)30-19(3)15-27/h4-7,18-20H,8-16H2,1-3H3. The van der Waals surface area contributed by atoms with Crippen molar-refractivity contribution >= 4 is 5.91 Å². The van der Waals surface area contributed by atoms with Gasteiger partial charge in [-0.1, -0.05) is 17.7 Å². The van der Waals surface area contributed by atoms with E-state index in [9.17, 15) is 4.79 Å². The topological polar surface area (TPSA) is 71.7 Å². The Morgan fingerprint density at radius 3 is 2.42 bits per heavy atom. The maximum atomic E-state index is 12.7.